The Labute approximate surface area is 211 Å². The van der Waals surface area contributed by atoms with E-state index in [1.54, 1.807) is 19.1 Å². The molecular weight excluding hydrogens is 507 g/mol. The number of ether oxygens (including phenoxy) is 4. The first kappa shape index (κ1) is 26.6. The molecule has 0 unspecified atom stereocenters. The summed E-state index contributed by atoms with van der Waals surface area (Å²) in [5.74, 6) is 0.287. The van der Waals surface area contributed by atoms with E-state index in [1.807, 2.05) is 0 Å². The summed E-state index contributed by atoms with van der Waals surface area (Å²) in [6, 6.07) is 4.72. The van der Waals surface area contributed by atoms with Crippen LogP contribution >= 0.6 is 23.2 Å². The van der Waals surface area contributed by atoms with Gasteiger partial charge in [-0.3, -0.25) is 0 Å². The third kappa shape index (κ3) is 4.80. The van der Waals surface area contributed by atoms with Gasteiger partial charge in [-0.2, -0.15) is 0 Å². The van der Waals surface area contributed by atoms with Crippen molar-refractivity contribution in [1.82, 2.24) is 0 Å². The molecule has 0 saturated carbocycles. The zero-order valence-electron chi connectivity index (χ0n) is 19.1. The van der Waals surface area contributed by atoms with Gasteiger partial charge in [0, 0.05) is 10.8 Å². The third-order valence-electron chi connectivity index (χ3n) is 6.43. The molecular formula is C23H28Cl2O10. The normalized spacial score (nSPS) is 37.9. The highest BCUT2D eigenvalue weighted by Crippen LogP contribution is 2.44. The molecule has 0 aromatic heterocycles. The van der Waals surface area contributed by atoms with E-state index in [2.05, 4.69) is 0 Å². The summed E-state index contributed by atoms with van der Waals surface area (Å²) >= 11 is 13.0. The molecule has 6 N–H and O–H groups in total. The van der Waals surface area contributed by atoms with Crippen molar-refractivity contribution < 1.29 is 49.6 Å². The maximum Gasteiger partial charge on any atom is 0.229 e. The Hall–Kier alpha value is -1.44. The number of fused-ring (bicyclic) bond motifs is 1. The smallest absolute Gasteiger partial charge is 0.229 e. The van der Waals surface area contributed by atoms with Gasteiger partial charge in [-0.05, 0) is 44.5 Å². The molecule has 35 heavy (non-hydrogen) atoms. The van der Waals surface area contributed by atoms with Crippen LogP contribution < -0.4 is 9.47 Å². The predicted molar refractivity (Wildman–Crippen MR) is 125 cm³/mol. The van der Waals surface area contributed by atoms with Crippen molar-refractivity contribution in [2.75, 3.05) is 0 Å². The lowest BCUT2D eigenvalue weighted by atomic mass is 10.00. The molecule has 2 aromatic carbocycles. The molecule has 10 atom stereocenters. The SMILES string of the molecule is Cc1c(Cl)c(O[C@@H]2O[C@@H](C)[C@@H](O)[C@@H](O)[C@H]2O)c2cc(O[C@@H]3O[C@@H](C)[C@@H](O)[C@@H](O)[C@H]3O)ccc2c1Cl. The molecule has 2 saturated heterocycles. The highest BCUT2D eigenvalue weighted by atomic mass is 35.5. The van der Waals surface area contributed by atoms with Gasteiger partial charge >= 0.3 is 0 Å². The van der Waals surface area contributed by atoms with Gasteiger partial charge in [-0.25, -0.2) is 0 Å². The van der Waals surface area contributed by atoms with Gasteiger partial charge in [0.15, 0.2) is 0 Å². The van der Waals surface area contributed by atoms with Crippen molar-refractivity contribution >= 4 is 34.0 Å². The van der Waals surface area contributed by atoms with E-state index in [0.717, 1.165) is 0 Å². The summed E-state index contributed by atoms with van der Waals surface area (Å²) in [6.07, 6.45) is -12.9. The monoisotopic (exact) mass is 534 g/mol. The molecule has 2 aromatic rings. The van der Waals surface area contributed by atoms with E-state index in [9.17, 15) is 30.6 Å². The van der Waals surface area contributed by atoms with Crippen LogP contribution in [0.3, 0.4) is 0 Å². The number of benzene rings is 2. The van der Waals surface area contributed by atoms with Gasteiger partial charge in [0.1, 0.15) is 48.1 Å². The van der Waals surface area contributed by atoms with Crippen molar-refractivity contribution in [2.24, 2.45) is 0 Å². The van der Waals surface area contributed by atoms with E-state index < -0.39 is 61.4 Å². The molecule has 0 spiro atoms. The molecule has 2 fully saturated rings. The Morgan fingerprint density at radius 1 is 0.686 bits per heavy atom. The number of rotatable bonds is 4. The highest BCUT2D eigenvalue weighted by molar-refractivity contribution is 6.41. The Kier molecular flexibility index (Phi) is 7.71. The maximum atomic E-state index is 10.4. The molecule has 12 heteroatoms. The first-order chi connectivity index (χ1) is 16.4. The van der Waals surface area contributed by atoms with Gasteiger partial charge in [0.05, 0.1) is 22.3 Å². The van der Waals surface area contributed by atoms with Crippen LogP contribution in [0.2, 0.25) is 10.0 Å². The summed E-state index contributed by atoms with van der Waals surface area (Å²) in [6.45, 7) is 4.74. The quantitative estimate of drug-likeness (QED) is 0.332. The molecule has 0 aliphatic carbocycles. The molecule has 0 bridgehead atoms. The minimum Gasteiger partial charge on any atom is -0.462 e. The fourth-order valence-corrected chi connectivity index (χ4v) is 4.70. The molecule has 2 heterocycles. The molecule has 2 aliphatic rings. The number of aliphatic hydroxyl groups excluding tert-OH is 6. The predicted octanol–water partition coefficient (Wildman–Crippen LogP) is 0.868. The van der Waals surface area contributed by atoms with Gasteiger partial charge in [0.25, 0.3) is 0 Å². The maximum absolute atomic E-state index is 10.4. The van der Waals surface area contributed by atoms with Crippen LogP contribution in [0.4, 0.5) is 0 Å². The van der Waals surface area contributed by atoms with Crippen molar-refractivity contribution in [3.63, 3.8) is 0 Å². The van der Waals surface area contributed by atoms with Gasteiger partial charge in [-0.15, -0.1) is 0 Å². The van der Waals surface area contributed by atoms with Crippen LogP contribution in [0.5, 0.6) is 11.5 Å². The molecule has 10 nitrogen and oxygen atoms in total. The molecule has 194 valence electrons. The Balaban J connectivity index is 1.70. The molecule has 4 rings (SSSR count). The van der Waals surface area contributed by atoms with Crippen molar-refractivity contribution in [2.45, 2.75) is 82.2 Å². The second-order valence-electron chi connectivity index (χ2n) is 8.89. The molecule has 0 radical (unpaired) electrons. The van der Waals surface area contributed by atoms with E-state index in [0.29, 0.717) is 21.4 Å². The van der Waals surface area contributed by atoms with Gasteiger partial charge in [0.2, 0.25) is 12.6 Å². The Morgan fingerprint density at radius 2 is 1.20 bits per heavy atom. The second kappa shape index (κ2) is 10.1. The van der Waals surface area contributed by atoms with Crippen LogP contribution in [0.1, 0.15) is 19.4 Å². The topological polar surface area (TPSA) is 158 Å². The molecule has 0 amide bonds. The van der Waals surface area contributed by atoms with Crippen LogP contribution in [0.15, 0.2) is 18.2 Å². The first-order valence-electron chi connectivity index (χ1n) is 11.1. The Bertz CT molecular complexity index is 1080. The fourth-order valence-electron chi connectivity index (χ4n) is 4.15. The lowest BCUT2D eigenvalue weighted by Gasteiger charge is -2.39. The van der Waals surface area contributed by atoms with Crippen molar-refractivity contribution in [1.29, 1.82) is 0 Å². The van der Waals surface area contributed by atoms with Gasteiger partial charge < -0.3 is 49.6 Å². The zero-order chi connectivity index (χ0) is 25.8. The van der Waals surface area contributed by atoms with Crippen LogP contribution in [0, 0.1) is 6.92 Å². The lowest BCUT2D eigenvalue weighted by Crippen LogP contribution is -2.58. The number of aliphatic hydroxyl groups is 6. The minimum absolute atomic E-state index is 0.0859. The molecule has 2 aliphatic heterocycles. The van der Waals surface area contributed by atoms with Crippen LogP contribution in [-0.2, 0) is 9.47 Å². The fraction of sp³-hybridized carbons (Fsp3) is 0.565. The summed E-state index contributed by atoms with van der Waals surface area (Å²) < 4.78 is 22.7. The lowest BCUT2D eigenvalue weighted by molar-refractivity contribution is -0.268. The van der Waals surface area contributed by atoms with E-state index in [4.69, 9.17) is 42.1 Å². The van der Waals surface area contributed by atoms with Gasteiger partial charge in [-0.1, -0.05) is 23.2 Å². The first-order valence-corrected chi connectivity index (χ1v) is 11.8. The summed E-state index contributed by atoms with van der Waals surface area (Å²) in [5, 5.41) is 62.1. The third-order valence-corrected chi connectivity index (χ3v) is 7.38. The highest BCUT2D eigenvalue weighted by Gasteiger charge is 2.44. The zero-order valence-corrected chi connectivity index (χ0v) is 20.6. The average molecular weight is 535 g/mol. The van der Waals surface area contributed by atoms with Crippen LogP contribution in [-0.4, -0.2) is 92.1 Å². The van der Waals surface area contributed by atoms with Crippen LogP contribution in [0.25, 0.3) is 10.8 Å². The number of hydrogen-bond acceptors (Lipinski definition) is 10. The van der Waals surface area contributed by atoms with Crippen molar-refractivity contribution in [3.8, 4) is 11.5 Å². The van der Waals surface area contributed by atoms with Crippen molar-refractivity contribution in [3.05, 3.63) is 33.8 Å². The Morgan fingerprint density at radius 3 is 1.74 bits per heavy atom. The average Bonchev–Trinajstić information content (AvgIpc) is 2.84. The number of hydrogen-bond donors (Lipinski definition) is 6. The van der Waals surface area contributed by atoms with E-state index >= 15 is 0 Å². The standard InChI is InChI=1S/C23H28Cl2O10/c1-7-13(24)11-5-4-10(34-22-19(30)17(28)15(26)8(2)32-22)6-12(11)21(14(7)25)35-23-20(31)18(29)16(27)9(3)33-23/h4-6,8-9,15-20,22-23,26-31H,1-3H3/t8-,9-,15+,16+,17+,18+,19+,20+,22-,23-/m0/s1. The summed E-state index contributed by atoms with van der Waals surface area (Å²) in [7, 11) is 0. The summed E-state index contributed by atoms with van der Waals surface area (Å²) in [5.41, 5.74) is 0.500. The minimum atomic E-state index is -1.57. The van der Waals surface area contributed by atoms with E-state index in [1.165, 1.54) is 19.9 Å². The number of halogens is 2. The van der Waals surface area contributed by atoms with E-state index in [-0.39, 0.29) is 16.5 Å². The largest absolute Gasteiger partial charge is 0.462 e. The summed E-state index contributed by atoms with van der Waals surface area (Å²) in [4.78, 5) is 0. The second-order valence-corrected chi connectivity index (χ2v) is 9.64.